The standard InChI is InChI=1S/C16H16F3NO2S/c17-16(18,19)14(21)10-5-7-20(8-6-10)15(22)13-9-11-3-1-2-4-12(11)23-13/h1-4,9-10,14,21H,5-8H2. The van der Waals surface area contributed by atoms with Crippen molar-refractivity contribution in [2.45, 2.75) is 25.1 Å². The van der Waals surface area contributed by atoms with Gasteiger partial charge in [-0.25, -0.2) is 0 Å². The molecule has 0 bridgehead atoms. The monoisotopic (exact) mass is 343 g/mol. The lowest BCUT2D eigenvalue weighted by atomic mass is 9.91. The predicted molar refractivity (Wildman–Crippen MR) is 82.5 cm³/mol. The third-order valence-corrected chi connectivity index (χ3v) is 5.35. The molecular formula is C16H16F3NO2S. The topological polar surface area (TPSA) is 40.5 Å². The fraction of sp³-hybridized carbons (Fsp3) is 0.438. The van der Waals surface area contributed by atoms with Gasteiger partial charge < -0.3 is 10.0 Å². The van der Waals surface area contributed by atoms with Crippen molar-refractivity contribution in [1.82, 2.24) is 4.90 Å². The van der Waals surface area contributed by atoms with E-state index in [1.165, 1.54) is 11.3 Å². The van der Waals surface area contributed by atoms with E-state index < -0.39 is 18.2 Å². The first-order valence-corrected chi connectivity index (χ1v) is 8.20. The summed E-state index contributed by atoms with van der Waals surface area (Å²) in [4.78, 5) is 14.7. The molecule has 1 aliphatic rings. The first kappa shape index (κ1) is 16.3. The second kappa shape index (κ2) is 6.13. The van der Waals surface area contributed by atoms with E-state index in [0.29, 0.717) is 4.88 Å². The van der Waals surface area contributed by atoms with Gasteiger partial charge in [-0.3, -0.25) is 4.79 Å². The predicted octanol–water partition coefficient (Wildman–Crippen LogP) is 3.68. The molecule has 3 rings (SSSR count). The van der Waals surface area contributed by atoms with Gasteiger partial charge in [-0.1, -0.05) is 18.2 Å². The fourth-order valence-electron chi connectivity index (χ4n) is 2.93. The smallest absolute Gasteiger partial charge is 0.383 e. The van der Waals surface area contributed by atoms with Crippen LogP contribution in [0.1, 0.15) is 22.5 Å². The molecule has 1 aliphatic heterocycles. The summed E-state index contributed by atoms with van der Waals surface area (Å²) in [6.45, 7) is 0.482. The third kappa shape index (κ3) is 3.35. The Bertz CT molecular complexity index is 672. The molecule has 1 saturated heterocycles. The van der Waals surface area contributed by atoms with E-state index in [0.717, 1.165) is 10.1 Å². The maximum atomic E-state index is 12.5. The van der Waals surface area contributed by atoms with Crippen LogP contribution in [-0.4, -0.2) is 41.3 Å². The van der Waals surface area contributed by atoms with Gasteiger partial charge in [0.05, 0.1) is 4.88 Å². The van der Waals surface area contributed by atoms with Crippen molar-refractivity contribution in [2.75, 3.05) is 13.1 Å². The van der Waals surface area contributed by atoms with Gasteiger partial charge >= 0.3 is 6.18 Å². The van der Waals surface area contributed by atoms with Crippen LogP contribution in [0.4, 0.5) is 13.2 Å². The first-order valence-electron chi connectivity index (χ1n) is 7.39. The molecule has 2 aromatic rings. The van der Waals surface area contributed by atoms with Crippen molar-refractivity contribution in [2.24, 2.45) is 5.92 Å². The average Bonchev–Trinajstić information content (AvgIpc) is 2.96. The minimum absolute atomic E-state index is 0.147. The number of thiophene rings is 1. The zero-order valence-corrected chi connectivity index (χ0v) is 13.0. The molecule has 1 unspecified atom stereocenters. The number of fused-ring (bicyclic) bond motifs is 1. The number of likely N-dealkylation sites (tertiary alicyclic amines) is 1. The molecule has 1 aromatic carbocycles. The Kier molecular flexibility index (Phi) is 4.33. The maximum absolute atomic E-state index is 12.5. The summed E-state index contributed by atoms with van der Waals surface area (Å²) in [5.41, 5.74) is 0. The Morgan fingerprint density at radius 3 is 2.52 bits per heavy atom. The van der Waals surface area contributed by atoms with Crippen molar-refractivity contribution in [3.63, 3.8) is 0 Å². The van der Waals surface area contributed by atoms with E-state index in [9.17, 15) is 23.1 Å². The Balaban J connectivity index is 1.66. The molecule has 1 amide bonds. The number of amides is 1. The molecule has 1 N–H and O–H groups in total. The van der Waals surface area contributed by atoms with E-state index in [4.69, 9.17) is 0 Å². The Hall–Kier alpha value is -1.60. The average molecular weight is 343 g/mol. The van der Waals surface area contributed by atoms with E-state index in [1.54, 1.807) is 4.90 Å². The highest BCUT2D eigenvalue weighted by Gasteiger charge is 2.44. The molecule has 0 saturated carbocycles. The number of alkyl halides is 3. The molecule has 1 atom stereocenters. The highest BCUT2D eigenvalue weighted by molar-refractivity contribution is 7.20. The normalized spacial score (nSPS) is 18.3. The van der Waals surface area contributed by atoms with Crippen LogP contribution >= 0.6 is 11.3 Å². The zero-order chi connectivity index (χ0) is 16.6. The third-order valence-electron chi connectivity index (χ3n) is 4.25. The molecule has 1 fully saturated rings. The highest BCUT2D eigenvalue weighted by atomic mass is 32.1. The lowest BCUT2D eigenvalue weighted by Gasteiger charge is -2.34. The fourth-order valence-corrected chi connectivity index (χ4v) is 3.96. The van der Waals surface area contributed by atoms with Gasteiger partial charge in [0.15, 0.2) is 6.10 Å². The van der Waals surface area contributed by atoms with Crippen LogP contribution in [0.25, 0.3) is 10.1 Å². The summed E-state index contributed by atoms with van der Waals surface area (Å²) in [6, 6.07) is 9.47. The van der Waals surface area contributed by atoms with Crippen molar-refractivity contribution in [3.8, 4) is 0 Å². The van der Waals surface area contributed by atoms with E-state index in [2.05, 4.69) is 0 Å². The maximum Gasteiger partial charge on any atom is 0.414 e. The second-order valence-corrected chi connectivity index (χ2v) is 6.85. The van der Waals surface area contributed by atoms with Crippen LogP contribution < -0.4 is 0 Å². The number of benzene rings is 1. The SMILES string of the molecule is O=C(c1cc2ccccc2s1)N1CCC(C(O)C(F)(F)F)CC1. The quantitative estimate of drug-likeness (QED) is 0.904. The molecule has 3 nitrogen and oxygen atoms in total. The van der Waals surface area contributed by atoms with Gasteiger partial charge in [0.2, 0.25) is 0 Å². The molecule has 1 aromatic heterocycles. The van der Waals surface area contributed by atoms with Crippen molar-refractivity contribution in [3.05, 3.63) is 35.2 Å². The summed E-state index contributed by atoms with van der Waals surface area (Å²) in [6.07, 6.45) is -6.57. The minimum atomic E-state index is -4.59. The number of piperidine rings is 1. The van der Waals surface area contributed by atoms with E-state index in [-0.39, 0.29) is 31.8 Å². The second-order valence-electron chi connectivity index (χ2n) is 5.76. The van der Waals surface area contributed by atoms with Crippen molar-refractivity contribution >= 4 is 27.3 Å². The van der Waals surface area contributed by atoms with Crippen LogP contribution in [0.3, 0.4) is 0 Å². The number of carbonyl (C=O) groups excluding carboxylic acids is 1. The van der Waals surface area contributed by atoms with Gasteiger partial charge in [0.1, 0.15) is 0 Å². The first-order chi connectivity index (χ1) is 10.9. The lowest BCUT2D eigenvalue weighted by Crippen LogP contribution is -2.45. The van der Waals surface area contributed by atoms with Gasteiger partial charge in [-0.15, -0.1) is 11.3 Å². The number of hydrogen-bond acceptors (Lipinski definition) is 3. The number of carbonyl (C=O) groups is 1. The van der Waals surface area contributed by atoms with E-state index in [1.807, 2.05) is 30.3 Å². The molecule has 2 heterocycles. The Morgan fingerprint density at radius 1 is 1.26 bits per heavy atom. The number of halogens is 3. The summed E-state index contributed by atoms with van der Waals surface area (Å²) < 4.78 is 38.6. The minimum Gasteiger partial charge on any atom is -0.383 e. The van der Waals surface area contributed by atoms with Crippen LogP contribution in [-0.2, 0) is 0 Å². The van der Waals surface area contributed by atoms with Gasteiger partial charge in [0, 0.05) is 17.8 Å². The Morgan fingerprint density at radius 2 is 1.91 bits per heavy atom. The summed E-state index contributed by atoms with van der Waals surface area (Å²) in [5, 5.41) is 10.3. The molecule has 124 valence electrons. The summed E-state index contributed by atoms with van der Waals surface area (Å²) in [5.74, 6) is -0.979. The number of aliphatic hydroxyl groups is 1. The molecule has 0 spiro atoms. The summed E-state index contributed by atoms with van der Waals surface area (Å²) in [7, 11) is 0. The number of nitrogens with zero attached hydrogens (tertiary/aromatic N) is 1. The van der Waals surface area contributed by atoms with Gasteiger partial charge in [-0.05, 0) is 36.3 Å². The number of hydrogen-bond donors (Lipinski definition) is 1. The molecular weight excluding hydrogens is 327 g/mol. The van der Waals surface area contributed by atoms with Crippen LogP contribution in [0, 0.1) is 5.92 Å². The van der Waals surface area contributed by atoms with Gasteiger partial charge in [-0.2, -0.15) is 13.2 Å². The van der Waals surface area contributed by atoms with Crippen molar-refractivity contribution in [1.29, 1.82) is 0 Å². The highest BCUT2D eigenvalue weighted by Crippen LogP contribution is 2.33. The lowest BCUT2D eigenvalue weighted by molar-refractivity contribution is -0.222. The van der Waals surface area contributed by atoms with Crippen LogP contribution in [0.2, 0.25) is 0 Å². The molecule has 23 heavy (non-hydrogen) atoms. The van der Waals surface area contributed by atoms with Crippen LogP contribution in [0.5, 0.6) is 0 Å². The summed E-state index contributed by atoms with van der Waals surface area (Å²) >= 11 is 1.39. The zero-order valence-electron chi connectivity index (χ0n) is 12.2. The Labute approximate surface area is 135 Å². The molecule has 0 radical (unpaired) electrons. The largest absolute Gasteiger partial charge is 0.414 e. The van der Waals surface area contributed by atoms with Crippen molar-refractivity contribution < 1.29 is 23.1 Å². The molecule has 7 heteroatoms. The number of aliphatic hydroxyl groups excluding tert-OH is 1. The van der Waals surface area contributed by atoms with Crippen LogP contribution in [0.15, 0.2) is 30.3 Å². The van der Waals surface area contributed by atoms with Gasteiger partial charge in [0.25, 0.3) is 5.91 Å². The van der Waals surface area contributed by atoms with E-state index >= 15 is 0 Å². The number of rotatable bonds is 2. The molecule has 0 aliphatic carbocycles.